The number of likely N-dealkylation sites (tertiary alicyclic amines) is 1. The molecule has 1 rings (SSSR count). The van der Waals surface area contributed by atoms with Gasteiger partial charge >= 0.3 is 5.97 Å². The summed E-state index contributed by atoms with van der Waals surface area (Å²) < 4.78 is 0. The Morgan fingerprint density at radius 2 is 2.00 bits per heavy atom. The molecule has 0 radical (unpaired) electrons. The van der Waals surface area contributed by atoms with Gasteiger partial charge in [-0.2, -0.15) is 0 Å². The molecular formula is C10H16N2O4. The summed E-state index contributed by atoms with van der Waals surface area (Å²) in [7, 11) is 0. The van der Waals surface area contributed by atoms with Crippen LogP contribution in [0.1, 0.15) is 20.3 Å². The minimum atomic E-state index is -1.15. The minimum absolute atomic E-state index is 0.207. The molecule has 3 N–H and O–H groups in total. The number of carbonyl (C=O) groups excluding carboxylic acids is 2. The fourth-order valence-electron chi connectivity index (χ4n) is 1.73. The van der Waals surface area contributed by atoms with Gasteiger partial charge in [-0.15, -0.1) is 0 Å². The van der Waals surface area contributed by atoms with Crippen LogP contribution >= 0.6 is 0 Å². The van der Waals surface area contributed by atoms with Crippen molar-refractivity contribution in [2.75, 3.05) is 13.1 Å². The average molecular weight is 228 g/mol. The fourth-order valence-corrected chi connectivity index (χ4v) is 1.73. The zero-order valence-corrected chi connectivity index (χ0v) is 9.40. The first kappa shape index (κ1) is 12.5. The summed E-state index contributed by atoms with van der Waals surface area (Å²) >= 11 is 0. The number of primary amides is 1. The van der Waals surface area contributed by atoms with E-state index in [1.807, 2.05) is 0 Å². The molecular weight excluding hydrogens is 212 g/mol. The van der Waals surface area contributed by atoms with Gasteiger partial charge in [-0.05, 0) is 20.3 Å². The van der Waals surface area contributed by atoms with Gasteiger partial charge in [-0.1, -0.05) is 0 Å². The van der Waals surface area contributed by atoms with Crippen LogP contribution in [0, 0.1) is 11.3 Å². The molecule has 2 atom stereocenters. The second kappa shape index (κ2) is 4.11. The van der Waals surface area contributed by atoms with Gasteiger partial charge in [0.1, 0.15) is 5.92 Å². The van der Waals surface area contributed by atoms with E-state index in [2.05, 4.69) is 0 Å². The summed E-state index contributed by atoms with van der Waals surface area (Å²) in [6.07, 6.45) is 0.487. The quantitative estimate of drug-likeness (QED) is 0.632. The van der Waals surface area contributed by atoms with Crippen LogP contribution in [0.2, 0.25) is 0 Å². The van der Waals surface area contributed by atoms with Gasteiger partial charge < -0.3 is 15.7 Å². The molecule has 0 aliphatic carbocycles. The lowest BCUT2D eigenvalue weighted by Gasteiger charge is -2.22. The van der Waals surface area contributed by atoms with Gasteiger partial charge in [0, 0.05) is 13.1 Å². The number of aliphatic carboxylic acids is 1. The Labute approximate surface area is 93.4 Å². The normalized spacial score (nSPS) is 26.5. The highest BCUT2D eigenvalue weighted by molar-refractivity contribution is 5.97. The van der Waals surface area contributed by atoms with Gasteiger partial charge in [-0.25, -0.2) is 0 Å². The molecule has 1 heterocycles. The summed E-state index contributed by atoms with van der Waals surface area (Å²) in [5, 5.41) is 8.71. The molecule has 0 aromatic carbocycles. The van der Waals surface area contributed by atoms with Crippen molar-refractivity contribution in [3.63, 3.8) is 0 Å². The number of hydrogen-bond acceptors (Lipinski definition) is 3. The zero-order chi connectivity index (χ0) is 12.5. The van der Waals surface area contributed by atoms with Crippen molar-refractivity contribution < 1.29 is 19.5 Å². The van der Waals surface area contributed by atoms with Crippen LogP contribution in [0.15, 0.2) is 0 Å². The minimum Gasteiger partial charge on any atom is -0.481 e. The van der Waals surface area contributed by atoms with Crippen molar-refractivity contribution in [3.8, 4) is 0 Å². The second-order valence-electron chi connectivity index (χ2n) is 4.49. The second-order valence-corrected chi connectivity index (χ2v) is 4.49. The van der Waals surface area contributed by atoms with Gasteiger partial charge in [0.15, 0.2) is 0 Å². The predicted octanol–water partition coefficient (Wildman–Crippen LogP) is -0.569. The third-order valence-corrected chi connectivity index (χ3v) is 3.12. The molecule has 1 aliphatic heterocycles. The third-order valence-electron chi connectivity index (χ3n) is 3.12. The standard InChI is InChI=1S/C10H16N2O4/c1-6(8(14)15)7(13)12-4-3-10(2,5-12)9(11)16/h6H,3-5H2,1-2H3,(H2,11,16)(H,14,15). The summed E-state index contributed by atoms with van der Waals surface area (Å²) in [5.74, 6) is -3.14. The van der Waals surface area contributed by atoms with Crippen LogP contribution in [-0.2, 0) is 14.4 Å². The Morgan fingerprint density at radius 3 is 2.38 bits per heavy atom. The topological polar surface area (TPSA) is 101 Å². The Hall–Kier alpha value is -1.59. The molecule has 90 valence electrons. The van der Waals surface area contributed by atoms with E-state index in [-0.39, 0.29) is 6.54 Å². The molecule has 0 bridgehead atoms. The van der Waals surface area contributed by atoms with E-state index in [1.165, 1.54) is 11.8 Å². The number of carboxylic acid groups (broad SMARTS) is 1. The Morgan fingerprint density at radius 1 is 1.44 bits per heavy atom. The molecule has 6 nitrogen and oxygen atoms in total. The zero-order valence-electron chi connectivity index (χ0n) is 9.40. The van der Waals surface area contributed by atoms with Crippen LogP contribution in [0.5, 0.6) is 0 Å². The van der Waals surface area contributed by atoms with Crippen LogP contribution in [0.4, 0.5) is 0 Å². The number of hydrogen-bond donors (Lipinski definition) is 2. The lowest BCUT2D eigenvalue weighted by Crippen LogP contribution is -2.41. The number of nitrogens with two attached hydrogens (primary N) is 1. The average Bonchev–Trinajstić information content (AvgIpc) is 2.60. The van der Waals surface area contributed by atoms with Crippen LogP contribution in [0.25, 0.3) is 0 Å². The molecule has 2 amide bonds. The third kappa shape index (κ3) is 2.15. The van der Waals surface area contributed by atoms with Crippen LogP contribution in [0.3, 0.4) is 0 Å². The SMILES string of the molecule is CC(C(=O)O)C(=O)N1CCC(C)(C(N)=O)C1. The maximum atomic E-state index is 11.7. The smallest absolute Gasteiger partial charge is 0.315 e. The summed E-state index contributed by atoms with van der Waals surface area (Å²) in [6, 6.07) is 0. The summed E-state index contributed by atoms with van der Waals surface area (Å²) in [5.41, 5.74) is 4.51. The van der Waals surface area contributed by atoms with Crippen molar-refractivity contribution in [2.45, 2.75) is 20.3 Å². The number of carboxylic acids is 1. The van der Waals surface area contributed by atoms with Gasteiger partial charge in [0.05, 0.1) is 5.41 Å². The van der Waals surface area contributed by atoms with E-state index >= 15 is 0 Å². The Kier molecular flexibility index (Phi) is 3.21. The monoisotopic (exact) mass is 228 g/mol. The molecule has 0 spiro atoms. The molecule has 0 aromatic heterocycles. The van der Waals surface area contributed by atoms with Crippen molar-refractivity contribution in [1.29, 1.82) is 0 Å². The highest BCUT2D eigenvalue weighted by atomic mass is 16.4. The number of carbonyl (C=O) groups is 3. The van der Waals surface area contributed by atoms with E-state index in [1.54, 1.807) is 6.92 Å². The van der Waals surface area contributed by atoms with Crippen LogP contribution in [-0.4, -0.2) is 40.9 Å². The Bertz CT molecular complexity index is 342. The molecule has 2 unspecified atom stereocenters. The van der Waals surface area contributed by atoms with Crippen LogP contribution < -0.4 is 5.73 Å². The molecule has 16 heavy (non-hydrogen) atoms. The first-order valence-corrected chi connectivity index (χ1v) is 5.09. The largest absolute Gasteiger partial charge is 0.481 e. The predicted molar refractivity (Wildman–Crippen MR) is 55.3 cm³/mol. The Balaban J connectivity index is 2.70. The van der Waals surface area contributed by atoms with Gasteiger partial charge in [0.2, 0.25) is 11.8 Å². The lowest BCUT2D eigenvalue weighted by molar-refractivity contribution is -0.149. The molecule has 1 fully saturated rings. The molecule has 6 heteroatoms. The van der Waals surface area contributed by atoms with E-state index in [9.17, 15) is 14.4 Å². The lowest BCUT2D eigenvalue weighted by atomic mass is 9.89. The van der Waals surface area contributed by atoms with Crippen molar-refractivity contribution in [2.24, 2.45) is 17.1 Å². The summed E-state index contributed by atoms with van der Waals surface area (Å²) in [4.78, 5) is 34.9. The number of amides is 2. The maximum Gasteiger partial charge on any atom is 0.315 e. The van der Waals surface area contributed by atoms with E-state index in [0.717, 1.165) is 0 Å². The number of rotatable bonds is 3. The van der Waals surface area contributed by atoms with E-state index in [4.69, 9.17) is 10.8 Å². The summed E-state index contributed by atoms with van der Waals surface area (Å²) in [6.45, 7) is 3.62. The highest BCUT2D eigenvalue weighted by Crippen LogP contribution is 2.30. The van der Waals surface area contributed by atoms with Gasteiger partial charge in [0.25, 0.3) is 0 Å². The molecule has 1 aliphatic rings. The number of nitrogens with zero attached hydrogens (tertiary/aromatic N) is 1. The van der Waals surface area contributed by atoms with Gasteiger partial charge in [-0.3, -0.25) is 14.4 Å². The van der Waals surface area contributed by atoms with E-state index < -0.39 is 29.1 Å². The van der Waals surface area contributed by atoms with Crippen molar-refractivity contribution >= 4 is 17.8 Å². The van der Waals surface area contributed by atoms with Crippen molar-refractivity contribution in [1.82, 2.24) is 4.90 Å². The molecule has 0 aromatic rings. The van der Waals surface area contributed by atoms with E-state index in [0.29, 0.717) is 13.0 Å². The van der Waals surface area contributed by atoms with Crippen molar-refractivity contribution in [3.05, 3.63) is 0 Å². The first-order valence-electron chi connectivity index (χ1n) is 5.09. The molecule has 1 saturated heterocycles. The highest BCUT2D eigenvalue weighted by Gasteiger charge is 2.42. The fraction of sp³-hybridized carbons (Fsp3) is 0.700. The first-order chi connectivity index (χ1) is 7.28. The maximum absolute atomic E-state index is 11.7. The molecule has 0 saturated carbocycles.